The molecule has 0 spiro atoms. The van der Waals surface area contributed by atoms with Crippen LogP contribution in [0.25, 0.3) is 0 Å². The number of methoxy groups -OCH3 is 1. The van der Waals surface area contributed by atoms with Gasteiger partial charge in [-0.1, -0.05) is 32.6 Å². The molecule has 1 aromatic rings. The second kappa shape index (κ2) is 7.80. The van der Waals surface area contributed by atoms with E-state index >= 15 is 0 Å². The predicted molar refractivity (Wildman–Crippen MR) is 71.6 cm³/mol. The first kappa shape index (κ1) is 14.6. The first-order chi connectivity index (χ1) is 8.69. The van der Waals surface area contributed by atoms with Crippen LogP contribution in [0.1, 0.15) is 39.0 Å². The number of benzene rings is 1. The normalized spacial score (nSPS) is 10.4. The highest BCUT2D eigenvalue weighted by Crippen LogP contribution is 2.30. The molecule has 102 valence electrons. The van der Waals surface area contributed by atoms with E-state index in [0.29, 0.717) is 18.0 Å². The van der Waals surface area contributed by atoms with Crippen LogP contribution in [0.15, 0.2) is 12.1 Å². The molecule has 18 heavy (non-hydrogen) atoms. The van der Waals surface area contributed by atoms with Crippen LogP contribution in [0.3, 0.4) is 0 Å². The number of hydrogen-bond donors (Lipinski definition) is 1. The minimum absolute atomic E-state index is 0.158. The van der Waals surface area contributed by atoms with Crippen molar-refractivity contribution in [2.24, 2.45) is 0 Å². The molecule has 0 saturated heterocycles. The van der Waals surface area contributed by atoms with Crippen LogP contribution in [0.2, 0.25) is 0 Å². The molecule has 3 nitrogen and oxygen atoms in total. The maximum atomic E-state index is 13.3. The molecule has 0 amide bonds. The van der Waals surface area contributed by atoms with Gasteiger partial charge in [0.05, 0.1) is 19.4 Å². The molecule has 0 saturated carbocycles. The Morgan fingerprint density at radius 1 is 1.11 bits per heavy atom. The summed E-state index contributed by atoms with van der Waals surface area (Å²) in [6.45, 7) is 2.78. The van der Waals surface area contributed by atoms with Crippen molar-refractivity contribution < 1.29 is 13.9 Å². The number of unbranched alkanes of at least 4 members (excludes halogenated alkanes) is 4. The summed E-state index contributed by atoms with van der Waals surface area (Å²) in [5.41, 5.74) is 5.99. The zero-order valence-corrected chi connectivity index (χ0v) is 11.2. The highest BCUT2D eigenvalue weighted by Gasteiger charge is 2.09. The third-order valence-corrected chi connectivity index (χ3v) is 2.79. The fourth-order valence-corrected chi connectivity index (χ4v) is 1.72. The predicted octanol–water partition coefficient (Wildman–Crippen LogP) is 3.77. The summed E-state index contributed by atoms with van der Waals surface area (Å²) >= 11 is 0. The van der Waals surface area contributed by atoms with Crippen LogP contribution in [0.4, 0.5) is 10.1 Å². The number of hydrogen-bond acceptors (Lipinski definition) is 3. The second-order valence-corrected chi connectivity index (χ2v) is 4.29. The summed E-state index contributed by atoms with van der Waals surface area (Å²) in [5.74, 6) is 0.180. The molecule has 0 aliphatic carbocycles. The van der Waals surface area contributed by atoms with Gasteiger partial charge in [0.2, 0.25) is 0 Å². The summed E-state index contributed by atoms with van der Waals surface area (Å²) in [6.07, 6.45) is 5.84. The lowest BCUT2D eigenvalue weighted by Gasteiger charge is -2.11. The fraction of sp³-hybridized carbons (Fsp3) is 0.571. The Hall–Kier alpha value is -1.45. The average Bonchev–Trinajstić information content (AvgIpc) is 2.36. The zero-order valence-electron chi connectivity index (χ0n) is 11.2. The van der Waals surface area contributed by atoms with Crippen molar-refractivity contribution in [3.8, 4) is 11.5 Å². The van der Waals surface area contributed by atoms with Crippen LogP contribution in [0.5, 0.6) is 11.5 Å². The molecule has 0 aliphatic rings. The minimum atomic E-state index is -0.467. The Labute approximate surface area is 108 Å². The first-order valence-electron chi connectivity index (χ1n) is 6.44. The topological polar surface area (TPSA) is 44.5 Å². The third kappa shape index (κ3) is 4.43. The molecule has 0 radical (unpaired) electrons. The van der Waals surface area contributed by atoms with Gasteiger partial charge in [-0.05, 0) is 6.42 Å². The minimum Gasteiger partial charge on any atom is -0.494 e. The smallest absolute Gasteiger partial charge is 0.167 e. The lowest BCUT2D eigenvalue weighted by atomic mass is 10.2. The van der Waals surface area contributed by atoms with Crippen molar-refractivity contribution in [1.82, 2.24) is 0 Å². The number of nitrogen functional groups attached to an aromatic ring is 1. The molecule has 0 bridgehead atoms. The van der Waals surface area contributed by atoms with Gasteiger partial charge in [0, 0.05) is 12.1 Å². The molecule has 0 heterocycles. The molecule has 0 fully saturated rings. The molecule has 2 N–H and O–H groups in total. The lowest BCUT2D eigenvalue weighted by molar-refractivity contribution is 0.302. The number of halogens is 1. The van der Waals surface area contributed by atoms with Gasteiger partial charge in [-0.3, -0.25) is 0 Å². The molecular weight excluding hydrogens is 233 g/mol. The average molecular weight is 255 g/mol. The number of anilines is 1. The maximum absolute atomic E-state index is 13.3. The molecule has 0 unspecified atom stereocenters. The summed E-state index contributed by atoms with van der Waals surface area (Å²) < 4.78 is 23.7. The highest BCUT2D eigenvalue weighted by molar-refractivity contribution is 5.56. The highest BCUT2D eigenvalue weighted by atomic mass is 19.1. The first-order valence-corrected chi connectivity index (χ1v) is 6.44. The van der Waals surface area contributed by atoms with Crippen molar-refractivity contribution in [1.29, 1.82) is 0 Å². The van der Waals surface area contributed by atoms with Crippen LogP contribution in [-0.4, -0.2) is 13.7 Å². The van der Waals surface area contributed by atoms with E-state index in [4.69, 9.17) is 15.2 Å². The molecule has 0 aliphatic heterocycles. The lowest BCUT2D eigenvalue weighted by Crippen LogP contribution is -2.02. The van der Waals surface area contributed by atoms with Crippen molar-refractivity contribution in [2.45, 2.75) is 39.0 Å². The van der Waals surface area contributed by atoms with Crippen molar-refractivity contribution in [2.75, 3.05) is 19.5 Å². The van der Waals surface area contributed by atoms with E-state index in [1.165, 1.54) is 38.5 Å². The standard InChI is InChI=1S/C14H22FNO2/c1-3-4-5-6-7-8-18-14-10-13(17-2)11(15)9-12(14)16/h9-10H,3-8,16H2,1-2H3. The quantitative estimate of drug-likeness (QED) is 0.568. The number of ether oxygens (including phenoxy) is 2. The van der Waals surface area contributed by atoms with Gasteiger partial charge in [0.25, 0.3) is 0 Å². The van der Waals surface area contributed by atoms with Gasteiger partial charge in [-0.15, -0.1) is 0 Å². The van der Waals surface area contributed by atoms with E-state index in [-0.39, 0.29) is 5.75 Å². The summed E-state index contributed by atoms with van der Waals surface area (Å²) in [4.78, 5) is 0. The largest absolute Gasteiger partial charge is 0.494 e. The SMILES string of the molecule is CCCCCCCOc1cc(OC)c(F)cc1N. The van der Waals surface area contributed by atoms with Gasteiger partial charge in [-0.25, -0.2) is 4.39 Å². The van der Waals surface area contributed by atoms with Gasteiger partial charge >= 0.3 is 0 Å². The van der Waals surface area contributed by atoms with Gasteiger partial charge in [-0.2, -0.15) is 0 Å². The van der Waals surface area contributed by atoms with Crippen LogP contribution in [0, 0.1) is 5.82 Å². The van der Waals surface area contributed by atoms with E-state index in [1.807, 2.05) is 0 Å². The monoisotopic (exact) mass is 255 g/mol. The Balaban J connectivity index is 2.42. The Morgan fingerprint density at radius 3 is 2.50 bits per heavy atom. The third-order valence-electron chi connectivity index (χ3n) is 2.79. The Morgan fingerprint density at radius 2 is 1.83 bits per heavy atom. The van der Waals surface area contributed by atoms with E-state index in [0.717, 1.165) is 12.8 Å². The van der Waals surface area contributed by atoms with E-state index < -0.39 is 5.82 Å². The van der Waals surface area contributed by atoms with Crippen molar-refractivity contribution in [3.05, 3.63) is 17.9 Å². The van der Waals surface area contributed by atoms with E-state index in [9.17, 15) is 4.39 Å². The number of rotatable bonds is 8. The van der Waals surface area contributed by atoms with Gasteiger partial charge in [0.15, 0.2) is 11.6 Å². The zero-order chi connectivity index (χ0) is 13.4. The molecular formula is C14H22FNO2. The summed E-state index contributed by atoms with van der Waals surface area (Å²) in [5, 5.41) is 0. The maximum Gasteiger partial charge on any atom is 0.167 e. The van der Waals surface area contributed by atoms with Gasteiger partial charge < -0.3 is 15.2 Å². The number of nitrogens with two attached hydrogens (primary N) is 1. The van der Waals surface area contributed by atoms with Crippen LogP contribution >= 0.6 is 0 Å². The van der Waals surface area contributed by atoms with Gasteiger partial charge in [0.1, 0.15) is 5.75 Å². The Bertz CT molecular complexity index is 369. The molecule has 0 aromatic heterocycles. The van der Waals surface area contributed by atoms with Crippen LogP contribution < -0.4 is 15.2 Å². The second-order valence-electron chi connectivity index (χ2n) is 4.29. The molecule has 1 rings (SSSR count). The van der Waals surface area contributed by atoms with Crippen molar-refractivity contribution in [3.63, 3.8) is 0 Å². The summed E-state index contributed by atoms with van der Waals surface area (Å²) in [6, 6.07) is 2.72. The van der Waals surface area contributed by atoms with E-state index in [2.05, 4.69) is 6.92 Å². The Kier molecular flexibility index (Phi) is 6.33. The summed E-state index contributed by atoms with van der Waals surface area (Å²) in [7, 11) is 1.42. The fourth-order valence-electron chi connectivity index (χ4n) is 1.72. The van der Waals surface area contributed by atoms with Crippen molar-refractivity contribution >= 4 is 5.69 Å². The van der Waals surface area contributed by atoms with E-state index in [1.54, 1.807) is 0 Å². The molecule has 0 atom stereocenters. The molecule has 4 heteroatoms. The molecule has 1 aromatic carbocycles. The van der Waals surface area contributed by atoms with Crippen LogP contribution in [-0.2, 0) is 0 Å².